The fourth-order valence-electron chi connectivity index (χ4n) is 6.56. The molecule has 0 bridgehead atoms. The van der Waals surface area contributed by atoms with Gasteiger partial charge in [0.15, 0.2) is 11.6 Å². The van der Waals surface area contributed by atoms with Crippen LogP contribution in [0.25, 0.3) is 0 Å². The van der Waals surface area contributed by atoms with E-state index in [0.29, 0.717) is 66.3 Å². The van der Waals surface area contributed by atoms with Crippen LogP contribution in [0.1, 0.15) is 65.1 Å². The molecule has 5 aromatic rings. The summed E-state index contributed by atoms with van der Waals surface area (Å²) in [5.41, 5.74) is 3.71. The number of rotatable bonds is 23. The van der Waals surface area contributed by atoms with Crippen LogP contribution in [0.4, 0.5) is 34.1 Å². The zero-order valence-electron chi connectivity index (χ0n) is 38.2. The summed E-state index contributed by atoms with van der Waals surface area (Å²) in [4.78, 5) is 78.8. The van der Waals surface area contributed by atoms with Crippen LogP contribution in [0.2, 0.25) is 10.0 Å². The highest BCUT2D eigenvalue weighted by Gasteiger charge is 2.26. The number of azo groups is 2. The number of ether oxygens (including phenoxy) is 2. The van der Waals surface area contributed by atoms with Crippen LogP contribution in [-0.4, -0.2) is 72.3 Å². The van der Waals surface area contributed by atoms with E-state index in [0.717, 1.165) is 25.0 Å². The van der Waals surface area contributed by atoms with Crippen molar-refractivity contribution in [2.45, 2.75) is 58.5 Å². The minimum Gasteiger partial charge on any atom is -0.494 e. The summed E-state index contributed by atoms with van der Waals surface area (Å²) in [6, 6.07) is 20.0. The molecule has 0 saturated heterocycles. The van der Waals surface area contributed by atoms with Gasteiger partial charge in [-0.05, 0) is 148 Å². The summed E-state index contributed by atoms with van der Waals surface area (Å²) in [5.74, 6) is -2.13. The molecule has 4 N–H and O–H groups in total. The number of Topliss-reactive ketones (excluding diaryl/α,β-unsaturated/α-hetero) is 2. The second-order valence-electron chi connectivity index (χ2n) is 15.1. The van der Waals surface area contributed by atoms with Crippen LogP contribution >= 0.6 is 58.0 Å². The van der Waals surface area contributed by atoms with E-state index in [-0.39, 0.29) is 49.8 Å². The number of benzene rings is 5. The first-order valence-corrected chi connectivity index (χ1v) is 23.9. The smallest absolute Gasteiger partial charge is 0.258 e. The number of amides is 4. The number of ketones is 2. The second-order valence-corrected chi connectivity index (χ2v) is 16.9. The molecular weight excluding hydrogens is 1010 g/mol. The number of halogens is 5. The zero-order chi connectivity index (χ0) is 50.9. The number of alkyl halides is 3. The first-order valence-electron chi connectivity index (χ1n) is 21.6. The van der Waals surface area contributed by atoms with E-state index in [9.17, 15) is 28.8 Å². The predicted molar refractivity (Wildman–Crippen MR) is 274 cm³/mol. The Labute approximate surface area is 428 Å². The summed E-state index contributed by atoms with van der Waals surface area (Å²) in [5, 5.41) is 27.1. The molecule has 5 aromatic carbocycles. The Kier molecular flexibility index (Phi) is 20.7. The Balaban J connectivity index is 1.25. The van der Waals surface area contributed by atoms with Crippen molar-refractivity contribution in [2.24, 2.45) is 20.5 Å². The van der Waals surface area contributed by atoms with Gasteiger partial charge in [0.2, 0.25) is 12.1 Å². The zero-order valence-corrected chi connectivity index (χ0v) is 42.0. The van der Waals surface area contributed by atoms with Crippen LogP contribution in [0.3, 0.4) is 0 Å². The molecule has 0 saturated carbocycles. The number of aryl methyl sites for hydroxylation is 2. The number of nitrogens with zero attached hydrogens (tertiary/aromatic N) is 4. The van der Waals surface area contributed by atoms with Crippen LogP contribution in [0.5, 0.6) is 11.5 Å². The lowest BCUT2D eigenvalue weighted by Crippen LogP contribution is -2.32. The van der Waals surface area contributed by atoms with Crippen molar-refractivity contribution in [2.75, 3.05) is 46.2 Å². The highest BCUT2D eigenvalue weighted by molar-refractivity contribution is 6.33. The maximum absolute atomic E-state index is 13.5. The van der Waals surface area contributed by atoms with Crippen LogP contribution in [0, 0.1) is 0 Å². The van der Waals surface area contributed by atoms with Crippen molar-refractivity contribution in [3.63, 3.8) is 0 Å². The van der Waals surface area contributed by atoms with E-state index >= 15 is 0 Å². The van der Waals surface area contributed by atoms with Gasteiger partial charge in [-0.1, -0.05) is 23.2 Å². The predicted octanol–water partition coefficient (Wildman–Crippen LogP) is 12.0. The Morgan fingerprint density at radius 1 is 0.529 bits per heavy atom. The van der Waals surface area contributed by atoms with Crippen molar-refractivity contribution >= 4 is 127 Å². The molecule has 0 aliphatic carbocycles. The first kappa shape index (κ1) is 54.5. The molecule has 2 unspecified atom stereocenters. The van der Waals surface area contributed by atoms with Crippen LogP contribution in [0.15, 0.2) is 111 Å². The average Bonchev–Trinajstić information content (AvgIpc) is 3.32. The van der Waals surface area contributed by atoms with E-state index in [1.54, 1.807) is 36.4 Å². The van der Waals surface area contributed by atoms with Gasteiger partial charge in [-0.15, -0.1) is 34.8 Å². The number of carbonyl (C=O) groups excluding carboxylic acids is 6. The lowest BCUT2D eigenvalue weighted by atomic mass is 10.1. The molecule has 0 heterocycles. The van der Waals surface area contributed by atoms with Crippen molar-refractivity contribution in [1.29, 1.82) is 0 Å². The molecule has 0 spiro atoms. The van der Waals surface area contributed by atoms with Crippen LogP contribution < -0.4 is 30.7 Å². The van der Waals surface area contributed by atoms with Crippen LogP contribution in [-0.2, 0) is 37.9 Å². The molecule has 16 nitrogen and oxygen atoms in total. The van der Waals surface area contributed by atoms with E-state index in [1.807, 2.05) is 13.8 Å². The number of hydrogen-bond donors (Lipinski definition) is 4. The van der Waals surface area contributed by atoms with Gasteiger partial charge in [-0.2, -0.15) is 20.5 Å². The molecular formula is C49H47Cl5N8O8. The average molecular weight is 1050 g/mol. The quantitative estimate of drug-likeness (QED) is 0.0279. The topological polar surface area (TPSA) is 218 Å². The Morgan fingerprint density at radius 3 is 1.36 bits per heavy atom. The maximum Gasteiger partial charge on any atom is 0.258 e. The molecule has 0 aromatic heterocycles. The molecule has 0 aliphatic heterocycles. The van der Waals surface area contributed by atoms with E-state index in [1.165, 1.54) is 54.6 Å². The highest BCUT2D eigenvalue weighted by atomic mass is 35.5. The van der Waals surface area contributed by atoms with Gasteiger partial charge in [0.1, 0.15) is 22.9 Å². The summed E-state index contributed by atoms with van der Waals surface area (Å²) in [7, 11) is 0. The lowest BCUT2D eigenvalue weighted by Gasteiger charge is -2.15. The van der Waals surface area contributed by atoms with Gasteiger partial charge < -0.3 is 30.7 Å². The summed E-state index contributed by atoms with van der Waals surface area (Å²) in [6.07, 6.45) is 1.05. The first-order chi connectivity index (χ1) is 33.6. The Morgan fingerprint density at radius 2 is 0.943 bits per heavy atom. The third-order valence-electron chi connectivity index (χ3n) is 9.98. The fourth-order valence-corrected chi connectivity index (χ4v) is 7.50. The minimum absolute atomic E-state index is 0.0188. The summed E-state index contributed by atoms with van der Waals surface area (Å²) >= 11 is 30.9. The largest absolute Gasteiger partial charge is 0.494 e. The molecule has 21 heteroatoms. The third-order valence-corrected chi connectivity index (χ3v) is 11.3. The van der Waals surface area contributed by atoms with Crippen molar-refractivity contribution in [3.05, 3.63) is 129 Å². The second kappa shape index (κ2) is 26.5. The van der Waals surface area contributed by atoms with Gasteiger partial charge in [-0.3, -0.25) is 28.8 Å². The summed E-state index contributed by atoms with van der Waals surface area (Å²) < 4.78 is 11.3. The van der Waals surface area contributed by atoms with Gasteiger partial charge in [0.05, 0.1) is 23.3 Å². The molecule has 0 radical (unpaired) electrons. The van der Waals surface area contributed by atoms with Gasteiger partial charge in [0, 0.05) is 51.5 Å². The molecule has 2 atom stereocenters. The molecule has 4 amide bonds. The van der Waals surface area contributed by atoms with E-state index in [4.69, 9.17) is 67.5 Å². The number of hydrogen-bond acceptors (Lipinski definition) is 12. The number of anilines is 4. The third kappa shape index (κ3) is 15.0. The molecule has 70 heavy (non-hydrogen) atoms. The van der Waals surface area contributed by atoms with Crippen molar-refractivity contribution in [1.82, 2.24) is 0 Å². The molecule has 0 aliphatic rings. The lowest BCUT2D eigenvalue weighted by molar-refractivity contribution is -0.127. The Bertz CT molecular complexity index is 2830. The van der Waals surface area contributed by atoms with Gasteiger partial charge in [0.25, 0.3) is 23.6 Å². The summed E-state index contributed by atoms with van der Waals surface area (Å²) in [6.45, 7) is 6.97. The van der Waals surface area contributed by atoms with Crippen molar-refractivity contribution in [3.8, 4) is 11.5 Å². The van der Waals surface area contributed by atoms with Gasteiger partial charge in [-0.25, -0.2) is 0 Å². The van der Waals surface area contributed by atoms with Gasteiger partial charge >= 0.3 is 0 Å². The fraction of sp³-hybridized carbons (Fsp3) is 0.265. The Hall–Kier alpha value is -6.43. The normalized spacial score (nSPS) is 12.0. The molecule has 5 rings (SSSR count). The van der Waals surface area contributed by atoms with E-state index < -0.39 is 47.3 Å². The highest BCUT2D eigenvalue weighted by Crippen LogP contribution is 2.31. The molecule has 366 valence electrons. The minimum atomic E-state index is -1.64. The molecule has 0 fully saturated rings. The number of nitrogens with one attached hydrogen (secondary N) is 4. The number of carbonyl (C=O) groups is 6. The SMILES string of the molecule is CCOc1ccc(NC(=O)c2ccc(Cl)c(N=NC(C(C)=O)C(=O)Nc3ccc(NC(=O)C(N=Nc4cc(C(=O)Nc5ccc(OCC)c(CCCl)c5)ccc4Cl)C(C)=O)c(CCl)c3)c2)cc1CCCl. The van der Waals surface area contributed by atoms with Crippen molar-refractivity contribution < 1.29 is 38.2 Å². The maximum atomic E-state index is 13.5. The monoisotopic (exact) mass is 1050 g/mol. The van der Waals surface area contributed by atoms with E-state index in [2.05, 4.69) is 41.7 Å². The standard InChI is InChI=1S/C49H47Cl5N8O8/c1-5-69-42-15-10-35(21-29(42)17-19-50)55-46(65)31-7-12-37(53)40(24-31)59-61-44(27(3)63)48(67)57-34-9-14-39(33(23-34)26-52)58-49(68)45(28(4)64)62-60-41-25-32(8-13-38(41)54)47(66)56-36-11-16-43(70-6-2)30(22-36)18-20-51/h7-16,21-25,44-45H,5-6,17-20,26H2,1-4H3,(H,55,65)(H,56,66)(H,57,67)(H,58,68).